The summed E-state index contributed by atoms with van der Waals surface area (Å²) in [6.07, 6.45) is 0. The Morgan fingerprint density at radius 1 is 0.925 bits per heavy atom. The van der Waals surface area contributed by atoms with Crippen molar-refractivity contribution in [1.82, 2.24) is 10.2 Å². The van der Waals surface area contributed by atoms with E-state index in [-0.39, 0.29) is 17.5 Å². The number of hydrogen-bond donors (Lipinski definition) is 1. The Labute approximate surface area is 245 Å². The second-order valence-electron chi connectivity index (χ2n) is 9.58. The summed E-state index contributed by atoms with van der Waals surface area (Å²) in [5, 5.41) is 3.45. The number of carbonyl (C=O) groups excluding carboxylic acids is 2. The first kappa shape index (κ1) is 31.3. The molecule has 0 saturated carbocycles. The highest BCUT2D eigenvalue weighted by molar-refractivity contribution is 7.92. The summed E-state index contributed by atoms with van der Waals surface area (Å²) >= 11 is 12.8. The molecule has 214 valence electrons. The van der Waals surface area contributed by atoms with Crippen LogP contribution in [-0.4, -0.2) is 50.9 Å². The lowest BCUT2D eigenvalue weighted by atomic mass is 10.1. The molecule has 0 bridgehead atoms. The minimum absolute atomic E-state index is 0.0204. The first-order valence-corrected chi connectivity index (χ1v) is 14.8. The van der Waals surface area contributed by atoms with E-state index >= 15 is 0 Å². The van der Waals surface area contributed by atoms with Crippen molar-refractivity contribution in [1.29, 1.82) is 0 Å². The van der Waals surface area contributed by atoms with Crippen LogP contribution >= 0.6 is 23.2 Å². The summed E-state index contributed by atoms with van der Waals surface area (Å²) in [6.45, 7) is 6.40. The zero-order chi connectivity index (χ0) is 29.6. The van der Waals surface area contributed by atoms with E-state index < -0.39 is 34.4 Å². The average Bonchev–Trinajstić information content (AvgIpc) is 2.91. The van der Waals surface area contributed by atoms with Crippen LogP contribution in [-0.2, 0) is 26.2 Å². The van der Waals surface area contributed by atoms with E-state index in [1.165, 1.54) is 36.3 Å². The van der Waals surface area contributed by atoms with Gasteiger partial charge in [0.2, 0.25) is 11.8 Å². The number of anilines is 1. The van der Waals surface area contributed by atoms with Crippen LogP contribution in [0.1, 0.15) is 31.9 Å². The number of halogens is 2. The van der Waals surface area contributed by atoms with Gasteiger partial charge < -0.3 is 15.0 Å². The SMILES string of the molecule is COc1ccc(S(=O)(=O)N(CC(=O)N(Cc2c(Cl)cccc2Cl)[C@@H](C)C(=O)NC(C)C)c2ccc(C)cc2)cc1. The van der Waals surface area contributed by atoms with Crippen molar-refractivity contribution in [3.8, 4) is 5.75 Å². The van der Waals surface area contributed by atoms with Gasteiger partial charge in [-0.2, -0.15) is 0 Å². The van der Waals surface area contributed by atoms with Gasteiger partial charge in [-0.05, 0) is 76.2 Å². The smallest absolute Gasteiger partial charge is 0.264 e. The third-order valence-electron chi connectivity index (χ3n) is 6.24. The van der Waals surface area contributed by atoms with E-state index in [1.54, 1.807) is 49.4 Å². The molecule has 0 fully saturated rings. The maximum Gasteiger partial charge on any atom is 0.264 e. The van der Waals surface area contributed by atoms with E-state index in [2.05, 4.69) is 5.32 Å². The van der Waals surface area contributed by atoms with Crippen LogP contribution in [0.15, 0.2) is 71.6 Å². The molecule has 1 atom stereocenters. The number of hydrogen-bond acceptors (Lipinski definition) is 5. The number of sulfonamides is 1. The lowest BCUT2D eigenvalue weighted by Crippen LogP contribution is -2.52. The standard InChI is InChI=1S/C29H33Cl2N3O5S/c1-19(2)32-29(36)21(4)33(17-25-26(30)7-6-8-27(25)31)28(35)18-34(22-11-9-20(3)10-12-22)40(37,38)24-15-13-23(39-5)14-16-24/h6-16,19,21H,17-18H2,1-5H3,(H,32,36)/t21-/m0/s1. The molecule has 1 N–H and O–H groups in total. The fourth-order valence-electron chi connectivity index (χ4n) is 3.96. The number of amides is 2. The van der Waals surface area contributed by atoms with Crippen LogP contribution in [0.2, 0.25) is 10.0 Å². The molecule has 0 aliphatic heterocycles. The summed E-state index contributed by atoms with van der Waals surface area (Å²) in [6, 6.07) is 16.5. The van der Waals surface area contributed by atoms with Gasteiger partial charge >= 0.3 is 0 Å². The molecule has 8 nitrogen and oxygen atoms in total. The first-order valence-electron chi connectivity index (χ1n) is 12.6. The molecule has 3 aromatic carbocycles. The minimum Gasteiger partial charge on any atom is -0.497 e. The van der Waals surface area contributed by atoms with Crippen molar-refractivity contribution >= 4 is 50.7 Å². The number of nitrogens with one attached hydrogen (secondary N) is 1. The van der Waals surface area contributed by atoms with E-state index in [0.29, 0.717) is 27.0 Å². The second kappa shape index (κ2) is 13.4. The Morgan fingerprint density at radius 2 is 1.50 bits per heavy atom. The molecule has 0 aliphatic rings. The largest absolute Gasteiger partial charge is 0.497 e. The van der Waals surface area contributed by atoms with Gasteiger partial charge in [0.25, 0.3) is 10.0 Å². The second-order valence-corrected chi connectivity index (χ2v) is 12.3. The highest BCUT2D eigenvalue weighted by Crippen LogP contribution is 2.29. The number of rotatable bonds is 11. The van der Waals surface area contributed by atoms with Gasteiger partial charge in [-0.1, -0.05) is 47.0 Å². The highest BCUT2D eigenvalue weighted by atomic mass is 35.5. The molecule has 11 heteroatoms. The Bertz CT molecular complexity index is 1430. The quantitative estimate of drug-likeness (QED) is 0.313. The number of ether oxygens (including phenoxy) is 1. The van der Waals surface area contributed by atoms with Gasteiger partial charge in [-0.3, -0.25) is 13.9 Å². The van der Waals surface area contributed by atoms with Crippen LogP contribution in [0.5, 0.6) is 5.75 Å². The maximum absolute atomic E-state index is 14.0. The zero-order valence-electron chi connectivity index (χ0n) is 23.0. The Kier molecular flexibility index (Phi) is 10.5. The fourth-order valence-corrected chi connectivity index (χ4v) is 5.89. The Balaban J connectivity index is 2.06. The monoisotopic (exact) mass is 605 g/mol. The molecule has 0 saturated heterocycles. The lowest BCUT2D eigenvalue weighted by molar-refractivity contribution is -0.139. The normalized spacial score (nSPS) is 12.1. The van der Waals surface area contributed by atoms with Crippen LogP contribution < -0.4 is 14.4 Å². The van der Waals surface area contributed by atoms with Crippen LogP contribution in [0, 0.1) is 6.92 Å². The average molecular weight is 607 g/mol. The molecule has 0 unspecified atom stereocenters. The Morgan fingerprint density at radius 3 is 2.02 bits per heavy atom. The molecule has 0 spiro atoms. The molecular weight excluding hydrogens is 573 g/mol. The van der Waals surface area contributed by atoms with Crippen molar-refractivity contribution < 1.29 is 22.7 Å². The number of nitrogens with zero attached hydrogens (tertiary/aromatic N) is 2. The summed E-state index contributed by atoms with van der Waals surface area (Å²) in [7, 11) is -2.71. The third-order valence-corrected chi connectivity index (χ3v) is 8.73. The molecule has 40 heavy (non-hydrogen) atoms. The van der Waals surface area contributed by atoms with Gasteiger partial charge in [0.1, 0.15) is 18.3 Å². The van der Waals surface area contributed by atoms with Crippen LogP contribution in [0.3, 0.4) is 0 Å². The summed E-state index contributed by atoms with van der Waals surface area (Å²) in [4.78, 5) is 28.2. The van der Waals surface area contributed by atoms with E-state index in [1.807, 2.05) is 20.8 Å². The zero-order valence-corrected chi connectivity index (χ0v) is 25.3. The van der Waals surface area contributed by atoms with E-state index in [9.17, 15) is 18.0 Å². The summed E-state index contributed by atoms with van der Waals surface area (Å²) in [5.41, 5.74) is 1.67. The van der Waals surface area contributed by atoms with Crippen LogP contribution in [0.25, 0.3) is 0 Å². The van der Waals surface area contributed by atoms with E-state index in [0.717, 1.165) is 9.87 Å². The summed E-state index contributed by atoms with van der Waals surface area (Å²) in [5.74, 6) is -0.517. The fraction of sp³-hybridized carbons (Fsp3) is 0.310. The number of benzene rings is 3. The molecule has 2 amide bonds. The lowest BCUT2D eigenvalue weighted by Gasteiger charge is -2.32. The predicted molar refractivity (Wildman–Crippen MR) is 158 cm³/mol. The molecule has 3 aromatic rings. The molecule has 3 rings (SSSR count). The number of carbonyl (C=O) groups is 2. The Hall–Kier alpha value is -3.27. The number of methoxy groups -OCH3 is 1. The predicted octanol–water partition coefficient (Wildman–Crippen LogP) is 5.45. The molecule has 0 aromatic heterocycles. The third kappa shape index (κ3) is 7.47. The van der Waals surface area contributed by atoms with Crippen molar-refractivity contribution in [2.75, 3.05) is 18.0 Å². The van der Waals surface area contributed by atoms with Gasteiger partial charge in [0, 0.05) is 28.2 Å². The molecule has 0 radical (unpaired) electrons. The molecule has 0 heterocycles. The topological polar surface area (TPSA) is 96.0 Å². The van der Waals surface area contributed by atoms with Crippen molar-refractivity contribution in [2.45, 2.75) is 51.2 Å². The first-order chi connectivity index (χ1) is 18.8. The van der Waals surface area contributed by atoms with Crippen molar-refractivity contribution in [3.05, 3.63) is 87.9 Å². The van der Waals surface area contributed by atoms with Gasteiger partial charge in [0.05, 0.1) is 17.7 Å². The van der Waals surface area contributed by atoms with E-state index in [4.69, 9.17) is 27.9 Å². The molecular formula is C29H33Cl2N3O5S. The number of aryl methyl sites for hydroxylation is 1. The maximum atomic E-state index is 14.0. The minimum atomic E-state index is -4.20. The van der Waals surface area contributed by atoms with Gasteiger partial charge in [-0.15, -0.1) is 0 Å². The van der Waals surface area contributed by atoms with Gasteiger partial charge in [-0.25, -0.2) is 8.42 Å². The van der Waals surface area contributed by atoms with Gasteiger partial charge in [0.15, 0.2) is 0 Å². The van der Waals surface area contributed by atoms with Crippen LogP contribution in [0.4, 0.5) is 5.69 Å². The van der Waals surface area contributed by atoms with Crippen molar-refractivity contribution in [2.24, 2.45) is 0 Å². The van der Waals surface area contributed by atoms with Crippen molar-refractivity contribution in [3.63, 3.8) is 0 Å². The highest BCUT2D eigenvalue weighted by Gasteiger charge is 2.33. The molecule has 0 aliphatic carbocycles. The summed E-state index contributed by atoms with van der Waals surface area (Å²) < 4.78 is 34.0.